The third-order valence-electron chi connectivity index (χ3n) is 3.47. The zero-order chi connectivity index (χ0) is 18.6. The molecule has 0 saturated heterocycles. The Bertz CT molecular complexity index is 892. The summed E-state index contributed by atoms with van der Waals surface area (Å²) >= 11 is 0. The summed E-state index contributed by atoms with van der Waals surface area (Å²) in [6, 6.07) is 11.5. The molecule has 0 amide bonds. The maximum Gasteiger partial charge on any atom is 0.269 e. The second-order valence-corrected chi connectivity index (χ2v) is 7.55. The normalized spacial score (nSPS) is 11.3. The molecule has 8 nitrogen and oxygen atoms in total. The summed E-state index contributed by atoms with van der Waals surface area (Å²) in [7, 11) is -0.783. The molecule has 0 unspecified atom stereocenters. The zero-order valence-corrected chi connectivity index (χ0v) is 14.5. The highest BCUT2D eigenvalue weighted by atomic mass is 32.2. The number of hydrogen-bond donors (Lipinski definition) is 1. The van der Waals surface area contributed by atoms with Crippen LogP contribution in [0.5, 0.6) is 0 Å². The van der Waals surface area contributed by atoms with Crippen LogP contribution in [-0.4, -0.2) is 44.1 Å². The molecular weight excluding hydrogens is 346 g/mol. The molecule has 0 spiro atoms. The highest BCUT2D eigenvalue weighted by Crippen LogP contribution is 2.17. The molecule has 1 N–H and O–H groups in total. The Labute approximate surface area is 145 Å². The third-order valence-corrected chi connectivity index (χ3v) is 5.28. The van der Waals surface area contributed by atoms with E-state index < -0.39 is 14.9 Å². The number of hydrogen-bond acceptors (Lipinski definition) is 6. The first kappa shape index (κ1) is 18.6. The quantitative estimate of drug-likeness (QED) is 0.458. The van der Waals surface area contributed by atoms with Crippen LogP contribution in [0, 0.1) is 10.1 Å². The number of nitrogens with zero attached hydrogens (tertiary/aromatic N) is 2. The zero-order valence-electron chi connectivity index (χ0n) is 13.7. The van der Waals surface area contributed by atoms with E-state index in [9.17, 15) is 23.3 Å². The number of nitrogens with one attached hydrogen (secondary N) is 1. The molecule has 2 rings (SSSR count). The van der Waals surface area contributed by atoms with Gasteiger partial charge >= 0.3 is 0 Å². The Hall–Kier alpha value is -2.78. The molecule has 0 aliphatic heterocycles. The van der Waals surface area contributed by atoms with Crippen LogP contribution in [0.3, 0.4) is 0 Å². The SMILES string of the molecule is CN(C)S(=O)(=O)c1cccc(C(=O)CNc2ccc([N+](=O)[O-])cc2)c1. The summed E-state index contributed by atoms with van der Waals surface area (Å²) in [6.07, 6.45) is 0. The first-order valence-corrected chi connectivity index (χ1v) is 8.70. The van der Waals surface area contributed by atoms with Crippen LogP contribution in [-0.2, 0) is 10.0 Å². The van der Waals surface area contributed by atoms with Crippen LogP contribution in [0.2, 0.25) is 0 Å². The minimum atomic E-state index is -3.62. The van der Waals surface area contributed by atoms with E-state index in [1.165, 1.54) is 62.6 Å². The molecule has 2 aromatic rings. The van der Waals surface area contributed by atoms with Crippen LogP contribution < -0.4 is 5.32 Å². The average Bonchev–Trinajstić information content (AvgIpc) is 2.60. The number of anilines is 1. The smallest absolute Gasteiger partial charge is 0.269 e. The molecule has 0 aromatic heterocycles. The molecule has 0 bridgehead atoms. The van der Waals surface area contributed by atoms with Gasteiger partial charge in [0, 0.05) is 37.5 Å². The van der Waals surface area contributed by atoms with E-state index >= 15 is 0 Å². The van der Waals surface area contributed by atoms with Crippen LogP contribution in [0.25, 0.3) is 0 Å². The number of carbonyl (C=O) groups excluding carboxylic acids is 1. The Kier molecular flexibility index (Phi) is 5.50. The Morgan fingerprint density at radius 2 is 1.80 bits per heavy atom. The van der Waals surface area contributed by atoms with Crippen molar-refractivity contribution in [1.82, 2.24) is 4.31 Å². The van der Waals surface area contributed by atoms with Crippen molar-refractivity contribution in [1.29, 1.82) is 0 Å². The largest absolute Gasteiger partial charge is 0.378 e. The number of nitro benzene ring substituents is 1. The number of sulfonamides is 1. The van der Waals surface area contributed by atoms with E-state index in [0.29, 0.717) is 5.69 Å². The molecular formula is C16H17N3O5S. The number of nitro groups is 1. The van der Waals surface area contributed by atoms with Crippen molar-refractivity contribution in [2.75, 3.05) is 26.0 Å². The maximum atomic E-state index is 12.3. The van der Waals surface area contributed by atoms with Crippen LogP contribution in [0.4, 0.5) is 11.4 Å². The van der Waals surface area contributed by atoms with Gasteiger partial charge in [-0.3, -0.25) is 14.9 Å². The van der Waals surface area contributed by atoms with E-state index in [1.54, 1.807) is 0 Å². The lowest BCUT2D eigenvalue weighted by Gasteiger charge is -2.12. The fourth-order valence-electron chi connectivity index (χ4n) is 2.03. The lowest BCUT2D eigenvalue weighted by atomic mass is 10.1. The number of Topliss-reactive ketones (excluding diaryl/α,β-unsaturated/α-hetero) is 1. The Morgan fingerprint density at radius 3 is 2.36 bits per heavy atom. The van der Waals surface area contributed by atoms with E-state index in [0.717, 1.165) is 4.31 Å². The number of benzene rings is 2. The summed E-state index contributed by atoms with van der Waals surface area (Å²) in [5, 5.41) is 13.5. The molecule has 0 fully saturated rings. The summed E-state index contributed by atoms with van der Waals surface area (Å²) in [4.78, 5) is 22.4. The minimum Gasteiger partial charge on any atom is -0.378 e. The van der Waals surface area contributed by atoms with E-state index in [1.807, 2.05) is 0 Å². The summed E-state index contributed by atoms with van der Waals surface area (Å²) in [5.74, 6) is -0.297. The van der Waals surface area contributed by atoms with Crippen LogP contribution in [0.15, 0.2) is 53.4 Å². The molecule has 9 heteroatoms. The van der Waals surface area contributed by atoms with E-state index in [-0.39, 0.29) is 28.5 Å². The molecule has 2 aromatic carbocycles. The second-order valence-electron chi connectivity index (χ2n) is 5.40. The Balaban J connectivity index is 2.10. The standard InChI is InChI=1S/C16H17N3O5S/c1-18(2)25(23,24)15-5-3-4-12(10-15)16(20)11-17-13-6-8-14(9-7-13)19(21)22/h3-10,17H,11H2,1-2H3. The minimum absolute atomic E-state index is 0.0404. The van der Waals surface area contributed by atoms with Crippen molar-refractivity contribution in [3.05, 3.63) is 64.2 Å². The number of ketones is 1. The monoisotopic (exact) mass is 363 g/mol. The fourth-order valence-corrected chi connectivity index (χ4v) is 2.97. The van der Waals surface area contributed by atoms with Gasteiger partial charge in [-0.2, -0.15) is 0 Å². The summed E-state index contributed by atoms with van der Waals surface area (Å²) in [6.45, 7) is -0.0662. The first-order chi connectivity index (χ1) is 11.7. The molecule has 25 heavy (non-hydrogen) atoms. The van der Waals surface area contributed by atoms with Crippen LogP contribution >= 0.6 is 0 Å². The third kappa shape index (κ3) is 4.40. The van der Waals surface area contributed by atoms with Gasteiger partial charge in [0.15, 0.2) is 5.78 Å². The van der Waals surface area contributed by atoms with Crippen molar-refractivity contribution in [2.45, 2.75) is 4.90 Å². The van der Waals surface area contributed by atoms with Gasteiger partial charge in [-0.25, -0.2) is 12.7 Å². The molecule has 0 atom stereocenters. The van der Waals surface area contributed by atoms with Crippen molar-refractivity contribution in [3.63, 3.8) is 0 Å². The first-order valence-electron chi connectivity index (χ1n) is 7.26. The maximum absolute atomic E-state index is 12.3. The molecule has 132 valence electrons. The van der Waals surface area contributed by atoms with Gasteiger partial charge in [-0.1, -0.05) is 12.1 Å². The molecule has 0 heterocycles. The topological polar surface area (TPSA) is 110 Å². The average molecular weight is 363 g/mol. The molecule has 0 aliphatic rings. The number of rotatable bonds is 7. The van der Waals surface area contributed by atoms with Crippen molar-refractivity contribution in [3.8, 4) is 0 Å². The van der Waals surface area contributed by atoms with Gasteiger partial charge < -0.3 is 5.32 Å². The van der Waals surface area contributed by atoms with Gasteiger partial charge in [0.1, 0.15) is 0 Å². The molecule has 0 aliphatic carbocycles. The van der Waals surface area contributed by atoms with Gasteiger partial charge in [0.2, 0.25) is 10.0 Å². The molecule has 0 saturated carbocycles. The van der Waals surface area contributed by atoms with Crippen molar-refractivity contribution < 1.29 is 18.1 Å². The number of carbonyl (C=O) groups is 1. The van der Waals surface area contributed by atoms with Crippen molar-refractivity contribution >= 4 is 27.2 Å². The van der Waals surface area contributed by atoms with Gasteiger partial charge in [0.05, 0.1) is 16.4 Å². The van der Waals surface area contributed by atoms with Crippen molar-refractivity contribution in [2.24, 2.45) is 0 Å². The van der Waals surface area contributed by atoms with E-state index in [2.05, 4.69) is 5.32 Å². The Morgan fingerprint density at radius 1 is 1.16 bits per heavy atom. The summed E-state index contributed by atoms with van der Waals surface area (Å²) in [5.41, 5.74) is 0.770. The fraction of sp³-hybridized carbons (Fsp3) is 0.188. The van der Waals surface area contributed by atoms with E-state index in [4.69, 9.17) is 0 Å². The number of non-ortho nitro benzene ring substituents is 1. The van der Waals surface area contributed by atoms with Gasteiger partial charge in [-0.15, -0.1) is 0 Å². The highest BCUT2D eigenvalue weighted by Gasteiger charge is 2.18. The lowest BCUT2D eigenvalue weighted by molar-refractivity contribution is -0.384. The van der Waals surface area contributed by atoms with Gasteiger partial charge in [-0.05, 0) is 24.3 Å². The predicted molar refractivity (Wildman–Crippen MR) is 93.2 cm³/mol. The highest BCUT2D eigenvalue weighted by molar-refractivity contribution is 7.89. The summed E-state index contributed by atoms with van der Waals surface area (Å²) < 4.78 is 25.3. The van der Waals surface area contributed by atoms with Crippen LogP contribution in [0.1, 0.15) is 10.4 Å². The lowest BCUT2D eigenvalue weighted by Crippen LogP contribution is -2.22. The second kappa shape index (κ2) is 7.41. The van der Waals surface area contributed by atoms with Gasteiger partial charge in [0.25, 0.3) is 5.69 Å². The molecule has 0 radical (unpaired) electrons. The predicted octanol–water partition coefficient (Wildman–Crippen LogP) is 2.14.